The molecule has 0 fully saturated rings. The number of nitrogens with zero attached hydrogens (tertiary/aromatic N) is 2. The van der Waals surface area contributed by atoms with Crippen molar-refractivity contribution < 1.29 is 0 Å². The Hall–Kier alpha value is -0.190. The van der Waals surface area contributed by atoms with Crippen molar-refractivity contribution in [2.45, 2.75) is 59.5 Å². The van der Waals surface area contributed by atoms with Crippen molar-refractivity contribution in [1.29, 1.82) is 0 Å². The largest absolute Gasteiger partial charge is 0.313 e. The Balaban J connectivity index is 2.71. The lowest BCUT2D eigenvalue weighted by molar-refractivity contribution is 0.520. The summed E-state index contributed by atoms with van der Waals surface area (Å²) in [7, 11) is 0. The highest BCUT2D eigenvalue weighted by atomic mass is 35.5. The van der Waals surface area contributed by atoms with Crippen molar-refractivity contribution in [2.24, 2.45) is 0 Å². The average molecular weight is 318 g/mol. The second-order valence-corrected chi connectivity index (χ2v) is 6.62. The smallest absolute Gasteiger partial charge is 0.0847 e. The quantitative estimate of drug-likeness (QED) is 0.663. The predicted octanol–water partition coefficient (Wildman–Crippen LogP) is 3.92. The van der Waals surface area contributed by atoms with Gasteiger partial charge in [-0.3, -0.25) is 4.68 Å². The standard InChI is InChI=1S/C15H28ClN3S/c1-5-8-17-13(11-20-9-6-2)10-14-15(16)12(4)18-19(14)7-3/h13,17H,5-11H2,1-4H3. The van der Waals surface area contributed by atoms with Crippen molar-refractivity contribution in [2.75, 3.05) is 18.1 Å². The summed E-state index contributed by atoms with van der Waals surface area (Å²) in [5.74, 6) is 2.36. The van der Waals surface area contributed by atoms with Gasteiger partial charge in [0, 0.05) is 24.8 Å². The lowest BCUT2D eigenvalue weighted by Gasteiger charge is -2.19. The molecule has 0 saturated heterocycles. The van der Waals surface area contributed by atoms with Crippen LogP contribution in [-0.4, -0.2) is 33.9 Å². The highest BCUT2D eigenvalue weighted by Crippen LogP contribution is 2.22. The van der Waals surface area contributed by atoms with E-state index in [0.717, 1.165) is 42.4 Å². The van der Waals surface area contributed by atoms with E-state index in [1.807, 2.05) is 23.4 Å². The molecule has 0 spiro atoms. The first-order chi connectivity index (χ1) is 9.63. The molecule has 1 aromatic rings. The number of halogens is 1. The van der Waals surface area contributed by atoms with Gasteiger partial charge in [0.15, 0.2) is 0 Å². The molecule has 1 aromatic heterocycles. The Kier molecular flexibility index (Phi) is 8.66. The molecule has 3 nitrogen and oxygen atoms in total. The molecular formula is C15H28ClN3S. The van der Waals surface area contributed by atoms with Crippen LogP contribution in [0.5, 0.6) is 0 Å². The van der Waals surface area contributed by atoms with E-state index in [-0.39, 0.29) is 0 Å². The van der Waals surface area contributed by atoms with Gasteiger partial charge in [0.25, 0.3) is 0 Å². The highest BCUT2D eigenvalue weighted by Gasteiger charge is 2.17. The number of hydrogen-bond donors (Lipinski definition) is 1. The predicted molar refractivity (Wildman–Crippen MR) is 91.0 cm³/mol. The van der Waals surface area contributed by atoms with Gasteiger partial charge in [-0.25, -0.2) is 0 Å². The fourth-order valence-electron chi connectivity index (χ4n) is 2.21. The molecule has 0 bridgehead atoms. The average Bonchev–Trinajstić information content (AvgIpc) is 2.72. The van der Waals surface area contributed by atoms with E-state index in [1.54, 1.807) is 0 Å². The van der Waals surface area contributed by atoms with Crippen molar-refractivity contribution in [3.8, 4) is 0 Å². The van der Waals surface area contributed by atoms with Gasteiger partial charge in [0.1, 0.15) is 0 Å². The Labute approximate surface area is 132 Å². The van der Waals surface area contributed by atoms with Crippen LogP contribution < -0.4 is 5.32 Å². The minimum Gasteiger partial charge on any atom is -0.313 e. The zero-order valence-corrected chi connectivity index (χ0v) is 14.8. The van der Waals surface area contributed by atoms with Crippen LogP contribution in [0.3, 0.4) is 0 Å². The molecule has 5 heteroatoms. The van der Waals surface area contributed by atoms with Crippen LogP contribution in [0.1, 0.15) is 45.0 Å². The van der Waals surface area contributed by atoms with E-state index in [0.29, 0.717) is 6.04 Å². The van der Waals surface area contributed by atoms with Crippen molar-refractivity contribution in [3.63, 3.8) is 0 Å². The summed E-state index contributed by atoms with van der Waals surface area (Å²) in [5, 5.41) is 9.00. The number of nitrogens with one attached hydrogen (secondary N) is 1. The number of aromatic nitrogens is 2. The Morgan fingerprint density at radius 1 is 1.30 bits per heavy atom. The van der Waals surface area contributed by atoms with Crippen LogP contribution in [0.25, 0.3) is 0 Å². The molecule has 1 rings (SSSR count). The first kappa shape index (κ1) is 17.9. The molecule has 0 aliphatic rings. The third-order valence-electron chi connectivity index (χ3n) is 3.24. The normalized spacial score (nSPS) is 12.8. The second-order valence-electron chi connectivity index (χ2n) is 5.09. The SMILES string of the molecule is CCCNC(CSCCC)Cc1c(Cl)c(C)nn1CC. The first-order valence-corrected chi connectivity index (χ1v) is 9.20. The van der Waals surface area contributed by atoms with E-state index in [1.165, 1.54) is 17.9 Å². The van der Waals surface area contributed by atoms with E-state index >= 15 is 0 Å². The van der Waals surface area contributed by atoms with Gasteiger partial charge in [-0.1, -0.05) is 25.4 Å². The zero-order chi connectivity index (χ0) is 15.0. The molecule has 116 valence electrons. The second kappa shape index (κ2) is 9.69. The summed E-state index contributed by atoms with van der Waals surface area (Å²) in [6, 6.07) is 0.477. The first-order valence-electron chi connectivity index (χ1n) is 7.66. The summed E-state index contributed by atoms with van der Waals surface area (Å²) in [6.45, 7) is 10.5. The van der Waals surface area contributed by atoms with Gasteiger partial charge in [-0.15, -0.1) is 0 Å². The van der Waals surface area contributed by atoms with Gasteiger partial charge in [-0.05, 0) is 39.0 Å². The molecule has 1 atom stereocenters. The third-order valence-corrected chi connectivity index (χ3v) is 5.07. The van der Waals surface area contributed by atoms with Gasteiger partial charge in [0.05, 0.1) is 16.4 Å². The third kappa shape index (κ3) is 5.30. The summed E-state index contributed by atoms with van der Waals surface area (Å²) in [6.07, 6.45) is 3.36. The fourth-order valence-corrected chi connectivity index (χ4v) is 3.39. The molecule has 0 radical (unpaired) electrons. The Bertz CT molecular complexity index is 393. The molecule has 0 saturated carbocycles. The molecule has 1 unspecified atom stereocenters. The molecule has 1 N–H and O–H groups in total. The van der Waals surface area contributed by atoms with E-state index in [2.05, 4.69) is 31.2 Å². The number of aryl methyl sites for hydroxylation is 2. The molecule has 0 aliphatic heterocycles. The van der Waals surface area contributed by atoms with Crippen molar-refractivity contribution in [3.05, 3.63) is 16.4 Å². The van der Waals surface area contributed by atoms with Crippen molar-refractivity contribution in [1.82, 2.24) is 15.1 Å². The van der Waals surface area contributed by atoms with E-state index in [4.69, 9.17) is 11.6 Å². The maximum atomic E-state index is 6.41. The van der Waals surface area contributed by atoms with Gasteiger partial charge >= 0.3 is 0 Å². The molecular weight excluding hydrogens is 290 g/mol. The maximum absolute atomic E-state index is 6.41. The van der Waals surface area contributed by atoms with Gasteiger partial charge in [0.2, 0.25) is 0 Å². The van der Waals surface area contributed by atoms with Crippen LogP contribution in [0, 0.1) is 6.92 Å². The minimum absolute atomic E-state index is 0.477. The van der Waals surface area contributed by atoms with Gasteiger partial charge < -0.3 is 5.32 Å². The molecule has 0 aliphatic carbocycles. The Morgan fingerprint density at radius 2 is 2.05 bits per heavy atom. The zero-order valence-electron chi connectivity index (χ0n) is 13.2. The molecule has 20 heavy (non-hydrogen) atoms. The monoisotopic (exact) mass is 317 g/mol. The molecule has 0 amide bonds. The topological polar surface area (TPSA) is 29.9 Å². The summed E-state index contributed by atoms with van der Waals surface area (Å²) < 4.78 is 2.04. The lowest BCUT2D eigenvalue weighted by Crippen LogP contribution is -2.35. The van der Waals surface area contributed by atoms with Crippen LogP contribution in [0.15, 0.2) is 0 Å². The minimum atomic E-state index is 0.477. The highest BCUT2D eigenvalue weighted by molar-refractivity contribution is 7.99. The number of hydrogen-bond acceptors (Lipinski definition) is 3. The van der Waals surface area contributed by atoms with E-state index in [9.17, 15) is 0 Å². The molecule has 1 heterocycles. The van der Waals surface area contributed by atoms with Crippen LogP contribution in [0.4, 0.5) is 0 Å². The summed E-state index contributed by atoms with van der Waals surface area (Å²) >= 11 is 8.44. The maximum Gasteiger partial charge on any atom is 0.0847 e. The van der Waals surface area contributed by atoms with Crippen LogP contribution in [-0.2, 0) is 13.0 Å². The molecule has 0 aromatic carbocycles. The van der Waals surface area contributed by atoms with Crippen LogP contribution in [0.2, 0.25) is 5.02 Å². The Morgan fingerprint density at radius 3 is 2.65 bits per heavy atom. The summed E-state index contributed by atoms with van der Waals surface area (Å²) in [5.41, 5.74) is 2.12. The van der Waals surface area contributed by atoms with Crippen LogP contribution >= 0.6 is 23.4 Å². The number of rotatable bonds is 10. The van der Waals surface area contributed by atoms with Gasteiger partial charge in [-0.2, -0.15) is 16.9 Å². The lowest BCUT2D eigenvalue weighted by atomic mass is 10.1. The number of thioether (sulfide) groups is 1. The summed E-state index contributed by atoms with van der Waals surface area (Å²) in [4.78, 5) is 0. The van der Waals surface area contributed by atoms with Crippen molar-refractivity contribution >= 4 is 23.4 Å². The van der Waals surface area contributed by atoms with E-state index < -0.39 is 0 Å². The fraction of sp³-hybridized carbons (Fsp3) is 0.800.